The molecule has 1 aliphatic heterocycles. The summed E-state index contributed by atoms with van der Waals surface area (Å²) in [5, 5.41) is 11.5. The summed E-state index contributed by atoms with van der Waals surface area (Å²) in [5.74, 6) is 0.828. The van der Waals surface area contributed by atoms with E-state index in [-0.39, 0.29) is 11.3 Å². The molecule has 0 fully saturated rings. The molecule has 2 aromatic heterocycles. The number of fused-ring (bicyclic) bond motifs is 3. The Morgan fingerprint density at radius 1 is 1.14 bits per heavy atom. The Labute approximate surface area is 201 Å². The summed E-state index contributed by atoms with van der Waals surface area (Å²) in [4.78, 5) is 26.5. The van der Waals surface area contributed by atoms with Crippen LogP contribution in [0.5, 0.6) is 11.5 Å². The van der Waals surface area contributed by atoms with Gasteiger partial charge in [0, 0.05) is 26.2 Å². The summed E-state index contributed by atoms with van der Waals surface area (Å²) >= 11 is 0. The monoisotopic (exact) mass is 473 g/mol. The standard InChI is InChI=1S/C27H27N3O5/c1-5-7-17-8-6-9-19(24(17)31)25-23-22-20(26(32)29(3)27(33)28(22)2)21(30(23)14-15-35-25)16-10-12-18(34-4)13-11-16/h5-6,8-13,25,31H,1,7,14-15H2,2-4H3. The van der Waals surface area contributed by atoms with Gasteiger partial charge in [0.15, 0.2) is 0 Å². The average molecular weight is 474 g/mol. The molecule has 1 atom stereocenters. The molecule has 3 heterocycles. The van der Waals surface area contributed by atoms with Crippen LogP contribution in [0.1, 0.15) is 22.9 Å². The predicted molar refractivity (Wildman–Crippen MR) is 134 cm³/mol. The van der Waals surface area contributed by atoms with Crippen molar-refractivity contribution in [3.63, 3.8) is 0 Å². The first kappa shape index (κ1) is 22.7. The lowest BCUT2D eigenvalue weighted by Crippen LogP contribution is -2.37. The van der Waals surface area contributed by atoms with Crippen LogP contribution < -0.4 is 16.0 Å². The van der Waals surface area contributed by atoms with E-state index in [1.54, 1.807) is 20.2 Å². The van der Waals surface area contributed by atoms with Crippen LogP contribution >= 0.6 is 0 Å². The minimum absolute atomic E-state index is 0.125. The fraction of sp³-hybridized carbons (Fsp3) is 0.259. The number of rotatable bonds is 5. The highest BCUT2D eigenvalue weighted by molar-refractivity contribution is 5.96. The Morgan fingerprint density at radius 2 is 1.89 bits per heavy atom. The lowest BCUT2D eigenvalue weighted by atomic mass is 9.99. The van der Waals surface area contributed by atoms with Gasteiger partial charge >= 0.3 is 5.69 Å². The topological polar surface area (TPSA) is 87.6 Å². The molecule has 4 aromatic rings. The van der Waals surface area contributed by atoms with Gasteiger partial charge in [0.2, 0.25) is 0 Å². The van der Waals surface area contributed by atoms with Crippen LogP contribution in [0.3, 0.4) is 0 Å². The van der Waals surface area contributed by atoms with Gasteiger partial charge in [0.25, 0.3) is 5.56 Å². The van der Waals surface area contributed by atoms with Crippen LogP contribution in [-0.4, -0.2) is 32.5 Å². The van der Waals surface area contributed by atoms with Crippen molar-refractivity contribution in [1.82, 2.24) is 13.7 Å². The third-order valence-electron chi connectivity index (χ3n) is 6.71. The van der Waals surface area contributed by atoms with Crippen molar-refractivity contribution in [3.05, 3.63) is 92.8 Å². The van der Waals surface area contributed by atoms with Crippen LogP contribution in [0.15, 0.2) is 64.7 Å². The van der Waals surface area contributed by atoms with E-state index >= 15 is 0 Å². The van der Waals surface area contributed by atoms with Crippen LogP contribution in [0, 0.1) is 0 Å². The zero-order chi connectivity index (χ0) is 24.9. The van der Waals surface area contributed by atoms with E-state index in [9.17, 15) is 14.7 Å². The zero-order valence-electron chi connectivity index (χ0n) is 19.9. The first-order chi connectivity index (χ1) is 16.9. The third kappa shape index (κ3) is 3.40. The van der Waals surface area contributed by atoms with Crippen molar-refractivity contribution in [2.45, 2.75) is 19.1 Å². The SMILES string of the molecule is C=CCc1cccc(C2OCCn3c(-c4ccc(OC)cc4)c4c(=O)n(C)c(=O)n(C)c4c32)c1O. The molecule has 1 aliphatic rings. The number of aromatic nitrogens is 3. The van der Waals surface area contributed by atoms with Gasteiger partial charge in [-0.25, -0.2) is 4.79 Å². The molecule has 8 nitrogen and oxygen atoms in total. The maximum Gasteiger partial charge on any atom is 0.331 e. The number of aryl methyl sites for hydroxylation is 1. The van der Waals surface area contributed by atoms with Gasteiger partial charge in [-0.05, 0) is 41.8 Å². The highest BCUT2D eigenvalue weighted by atomic mass is 16.5. The van der Waals surface area contributed by atoms with Crippen LogP contribution in [0.2, 0.25) is 0 Å². The molecule has 35 heavy (non-hydrogen) atoms. The van der Waals surface area contributed by atoms with Crippen LogP contribution in [0.4, 0.5) is 0 Å². The van der Waals surface area contributed by atoms with Gasteiger partial charge in [0.05, 0.1) is 36.0 Å². The molecule has 0 amide bonds. The molecule has 0 saturated heterocycles. The summed E-state index contributed by atoms with van der Waals surface area (Å²) < 4.78 is 16.2. The Balaban J connectivity index is 1.89. The number of aromatic hydroxyl groups is 1. The van der Waals surface area contributed by atoms with Gasteiger partial charge in [-0.1, -0.05) is 24.3 Å². The molecule has 1 N–H and O–H groups in total. The number of phenolic OH excluding ortho intramolecular Hbond substituents is 1. The van der Waals surface area contributed by atoms with Crippen molar-refractivity contribution in [2.24, 2.45) is 14.1 Å². The highest BCUT2D eigenvalue weighted by Gasteiger charge is 2.34. The lowest BCUT2D eigenvalue weighted by molar-refractivity contribution is 0.0464. The predicted octanol–water partition coefficient (Wildman–Crippen LogP) is 3.27. The Hall–Kier alpha value is -4.04. The fourth-order valence-corrected chi connectivity index (χ4v) is 5.01. The fourth-order valence-electron chi connectivity index (χ4n) is 5.01. The minimum Gasteiger partial charge on any atom is -0.507 e. The summed E-state index contributed by atoms with van der Waals surface area (Å²) in [6, 6.07) is 13.0. The summed E-state index contributed by atoms with van der Waals surface area (Å²) in [6.45, 7) is 4.64. The molecule has 0 bridgehead atoms. The molecule has 2 aromatic carbocycles. The Bertz CT molecular complexity index is 1570. The minimum atomic E-state index is -0.666. The van der Waals surface area contributed by atoms with Crippen LogP contribution in [0.25, 0.3) is 22.2 Å². The second-order valence-corrected chi connectivity index (χ2v) is 8.64. The number of methoxy groups -OCH3 is 1. The number of hydrogen-bond acceptors (Lipinski definition) is 5. The van der Waals surface area contributed by atoms with Gasteiger partial charge < -0.3 is 19.1 Å². The molecule has 8 heteroatoms. The van der Waals surface area contributed by atoms with Gasteiger partial charge in [-0.3, -0.25) is 13.9 Å². The molecule has 0 radical (unpaired) electrons. The molecular weight excluding hydrogens is 446 g/mol. The molecule has 0 saturated carbocycles. The number of ether oxygens (including phenoxy) is 2. The maximum atomic E-state index is 13.5. The summed E-state index contributed by atoms with van der Waals surface area (Å²) in [6.07, 6.45) is 1.57. The van der Waals surface area contributed by atoms with E-state index in [1.807, 2.05) is 47.0 Å². The van der Waals surface area contributed by atoms with Gasteiger partial charge in [-0.15, -0.1) is 6.58 Å². The second-order valence-electron chi connectivity index (χ2n) is 8.64. The molecule has 180 valence electrons. The number of benzene rings is 2. The quantitative estimate of drug-likeness (QED) is 0.450. The van der Waals surface area contributed by atoms with E-state index in [1.165, 1.54) is 11.6 Å². The molecule has 1 unspecified atom stereocenters. The van der Waals surface area contributed by atoms with E-state index in [2.05, 4.69) is 6.58 Å². The van der Waals surface area contributed by atoms with Gasteiger partial charge in [-0.2, -0.15) is 0 Å². The summed E-state index contributed by atoms with van der Waals surface area (Å²) in [7, 11) is 4.74. The average Bonchev–Trinajstić information content (AvgIpc) is 3.23. The van der Waals surface area contributed by atoms with E-state index in [0.717, 1.165) is 15.7 Å². The van der Waals surface area contributed by atoms with Crippen molar-refractivity contribution in [3.8, 4) is 22.8 Å². The number of allylic oxidation sites excluding steroid dienone is 1. The van der Waals surface area contributed by atoms with Crippen LogP contribution in [-0.2, 0) is 31.8 Å². The lowest BCUT2D eigenvalue weighted by Gasteiger charge is -2.28. The van der Waals surface area contributed by atoms with E-state index in [4.69, 9.17) is 9.47 Å². The molecule has 0 spiro atoms. The Kier molecular flexibility index (Phi) is 5.61. The zero-order valence-corrected chi connectivity index (χ0v) is 19.9. The maximum absolute atomic E-state index is 13.5. The molecular formula is C27H27N3O5. The van der Waals surface area contributed by atoms with E-state index in [0.29, 0.717) is 53.2 Å². The smallest absolute Gasteiger partial charge is 0.331 e. The number of phenols is 1. The number of nitrogens with zero attached hydrogens (tertiary/aromatic N) is 3. The van der Waals surface area contributed by atoms with Crippen molar-refractivity contribution in [1.29, 1.82) is 0 Å². The first-order valence-electron chi connectivity index (χ1n) is 11.4. The second kappa shape index (κ2) is 8.63. The third-order valence-corrected chi connectivity index (χ3v) is 6.71. The van der Waals surface area contributed by atoms with E-state index < -0.39 is 11.8 Å². The molecule has 5 rings (SSSR count). The normalized spacial score (nSPS) is 15.2. The highest BCUT2D eigenvalue weighted by Crippen LogP contribution is 2.43. The van der Waals surface area contributed by atoms with Gasteiger partial charge in [0.1, 0.15) is 17.6 Å². The van der Waals surface area contributed by atoms with Crippen molar-refractivity contribution in [2.75, 3.05) is 13.7 Å². The molecule has 0 aliphatic carbocycles. The number of para-hydroxylation sites is 1. The number of hydrogen-bond donors (Lipinski definition) is 1. The first-order valence-corrected chi connectivity index (χ1v) is 11.4. The largest absolute Gasteiger partial charge is 0.507 e. The summed E-state index contributed by atoms with van der Waals surface area (Å²) in [5.41, 5.74) is 3.22. The van der Waals surface area contributed by atoms with Crippen molar-refractivity contribution >= 4 is 10.9 Å². The van der Waals surface area contributed by atoms with Crippen molar-refractivity contribution < 1.29 is 14.6 Å². The Morgan fingerprint density at radius 3 is 2.57 bits per heavy atom.